The van der Waals surface area contributed by atoms with Crippen LogP contribution in [0.3, 0.4) is 0 Å². The summed E-state index contributed by atoms with van der Waals surface area (Å²) in [5, 5.41) is 9.71. The first-order chi connectivity index (χ1) is 10.2. The lowest BCUT2D eigenvalue weighted by atomic mass is 9.77. The van der Waals surface area contributed by atoms with Crippen molar-refractivity contribution in [3.63, 3.8) is 0 Å². The zero-order valence-electron chi connectivity index (χ0n) is 14.3. The first-order valence-electron chi connectivity index (χ1n) is 7.52. The Balaban J connectivity index is 2.27. The Morgan fingerprint density at radius 1 is 1.23 bits per heavy atom. The van der Waals surface area contributed by atoms with Gasteiger partial charge < -0.3 is 19.2 Å². The van der Waals surface area contributed by atoms with Gasteiger partial charge in [0.1, 0.15) is 5.75 Å². The van der Waals surface area contributed by atoms with Crippen LogP contribution in [0.25, 0.3) is 6.08 Å². The van der Waals surface area contributed by atoms with E-state index in [1.54, 1.807) is 7.11 Å². The molecule has 0 spiro atoms. The molecule has 22 heavy (non-hydrogen) atoms. The van der Waals surface area contributed by atoms with Gasteiger partial charge in [-0.05, 0) is 63.4 Å². The van der Waals surface area contributed by atoms with Crippen LogP contribution in [-0.4, -0.2) is 37.1 Å². The molecule has 0 radical (unpaired) electrons. The third-order valence-corrected chi connectivity index (χ3v) is 4.51. The summed E-state index contributed by atoms with van der Waals surface area (Å²) in [4.78, 5) is 0. The minimum Gasteiger partial charge on any atom is -0.496 e. The fourth-order valence-electron chi connectivity index (χ4n) is 2.39. The molecule has 120 valence electrons. The van der Waals surface area contributed by atoms with Gasteiger partial charge in [-0.25, -0.2) is 0 Å². The summed E-state index contributed by atoms with van der Waals surface area (Å²) in [6.07, 6.45) is 1.91. The van der Waals surface area contributed by atoms with Gasteiger partial charge in [-0.1, -0.05) is 12.1 Å². The molecule has 0 atom stereocenters. The smallest absolute Gasteiger partial charge is 0.492 e. The van der Waals surface area contributed by atoms with Crippen LogP contribution in [0.4, 0.5) is 0 Å². The SMILES string of the molecule is COc1ccc(C=C(CO)B2OC(C)(C)C(C)(C)O2)cc1C. The molecule has 0 aliphatic carbocycles. The minimum absolute atomic E-state index is 0.109. The van der Waals surface area contributed by atoms with E-state index in [0.29, 0.717) is 5.47 Å². The standard InChI is InChI=1S/C17H25BO4/c1-12-9-13(7-8-15(12)20-6)10-14(11-19)18-21-16(2,3)17(4,5)22-18/h7-10,19H,11H2,1-6H3. The average Bonchev–Trinajstić information content (AvgIpc) is 2.65. The number of methoxy groups -OCH3 is 1. The molecule has 0 saturated carbocycles. The van der Waals surface area contributed by atoms with E-state index >= 15 is 0 Å². The summed E-state index contributed by atoms with van der Waals surface area (Å²) in [5.74, 6) is 0.846. The molecule has 0 unspecified atom stereocenters. The number of rotatable bonds is 4. The number of aliphatic hydroxyl groups excluding tert-OH is 1. The van der Waals surface area contributed by atoms with Crippen LogP contribution in [-0.2, 0) is 9.31 Å². The molecule has 2 rings (SSSR count). The van der Waals surface area contributed by atoms with Crippen molar-refractivity contribution in [1.82, 2.24) is 0 Å². The van der Waals surface area contributed by atoms with Gasteiger partial charge >= 0.3 is 7.12 Å². The van der Waals surface area contributed by atoms with Crippen molar-refractivity contribution in [2.45, 2.75) is 45.8 Å². The fourth-order valence-corrected chi connectivity index (χ4v) is 2.39. The van der Waals surface area contributed by atoms with E-state index in [4.69, 9.17) is 14.0 Å². The number of ether oxygens (including phenoxy) is 1. The largest absolute Gasteiger partial charge is 0.496 e. The normalized spacial score (nSPS) is 20.3. The molecule has 1 aromatic rings. The van der Waals surface area contributed by atoms with E-state index in [2.05, 4.69) is 0 Å². The monoisotopic (exact) mass is 304 g/mol. The van der Waals surface area contributed by atoms with E-state index in [-0.39, 0.29) is 6.61 Å². The van der Waals surface area contributed by atoms with Crippen LogP contribution < -0.4 is 4.74 Å². The molecule has 4 nitrogen and oxygen atoms in total. The van der Waals surface area contributed by atoms with Crippen molar-refractivity contribution in [2.75, 3.05) is 13.7 Å². The highest BCUT2D eigenvalue weighted by molar-refractivity contribution is 6.55. The van der Waals surface area contributed by atoms with Crippen molar-refractivity contribution in [2.24, 2.45) is 0 Å². The Bertz CT molecular complexity index is 562. The Morgan fingerprint density at radius 2 is 1.82 bits per heavy atom. The minimum atomic E-state index is -0.530. The molecule has 1 aliphatic rings. The number of aryl methyl sites for hydroxylation is 1. The number of aliphatic hydroxyl groups is 1. The van der Waals surface area contributed by atoms with Gasteiger partial charge in [-0.2, -0.15) is 0 Å². The molecule has 1 aliphatic heterocycles. The van der Waals surface area contributed by atoms with E-state index in [0.717, 1.165) is 16.9 Å². The quantitative estimate of drug-likeness (QED) is 0.869. The molecule has 5 heteroatoms. The number of hydrogen-bond donors (Lipinski definition) is 1. The zero-order chi connectivity index (χ0) is 16.5. The van der Waals surface area contributed by atoms with Crippen molar-refractivity contribution >= 4 is 13.2 Å². The lowest BCUT2D eigenvalue weighted by molar-refractivity contribution is 0.00578. The molecule has 0 bridgehead atoms. The van der Waals surface area contributed by atoms with Crippen molar-refractivity contribution in [3.8, 4) is 5.75 Å². The Morgan fingerprint density at radius 3 is 2.27 bits per heavy atom. The van der Waals surface area contributed by atoms with Crippen LogP contribution >= 0.6 is 0 Å². The van der Waals surface area contributed by atoms with Gasteiger partial charge in [0, 0.05) is 0 Å². The molecular weight excluding hydrogens is 279 g/mol. The third kappa shape index (κ3) is 3.22. The van der Waals surface area contributed by atoms with Crippen LogP contribution in [0.1, 0.15) is 38.8 Å². The maximum Gasteiger partial charge on any atom is 0.492 e. The molecule has 1 aromatic carbocycles. The van der Waals surface area contributed by atoms with Gasteiger partial charge in [0.15, 0.2) is 0 Å². The fraction of sp³-hybridized carbons (Fsp3) is 0.529. The first-order valence-corrected chi connectivity index (χ1v) is 7.52. The van der Waals surface area contributed by atoms with Gasteiger partial charge in [0.25, 0.3) is 0 Å². The highest BCUT2D eigenvalue weighted by Crippen LogP contribution is 2.38. The van der Waals surface area contributed by atoms with Crippen molar-refractivity contribution < 1.29 is 19.2 Å². The van der Waals surface area contributed by atoms with Crippen molar-refractivity contribution in [3.05, 3.63) is 34.8 Å². The highest BCUT2D eigenvalue weighted by atomic mass is 16.7. The average molecular weight is 304 g/mol. The van der Waals surface area contributed by atoms with E-state index in [9.17, 15) is 5.11 Å². The highest BCUT2D eigenvalue weighted by Gasteiger charge is 2.52. The van der Waals surface area contributed by atoms with Crippen LogP contribution in [0.5, 0.6) is 5.75 Å². The van der Waals surface area contributed by atoms with Crippen molar-refractivity contribution in [1.29, 1.82) is 0 Å². The second-order valence-electron chi connectivity index (χ2n) is 6.69. The lowest BCUT2D eigenvalue weighted by Gasteiger charge is -2.32. The molecule has 0 aromatic heterocycles. The zero-order valence-corrected chi connectivity index (χ0v) is 14.3. The second-order valence-corrected chi connectivity index (χ2v) is 6.69. The maximum absolute atomic E-state index is 9.71. The van der Waals surface area contributed by atoms with E-state index < -0.39 is 18.3 Å². The summed E-state index contributed by atoms with van der Waals surface area (Å²) >= 11 is 0. The molecular formula is C17H25BO4. The van der Waals surface area contributed by atoms with Gasteiger partial charge in [-0.3, -0.25) is 0 Å². The summed E-state index contributed by atoms with van der Waals surface area (Å²) in [6, 6.07) is 5.88. The molecule has 1 N–H and O–H groups in total. The van der Waals surface area contributed by atoms with Crippen LogP contribution in [0.15, 0.2) is 23.7 Å². The summed E-state index contributed by atoms with van der Waals surface area (Å²) in [6.45, 7) is 9.88. The Kier molecular flexibility index (Phi) is 4.71. The van der Waals surface area contributed by atoms with Crippen LogP contribution in [0.2, 0.25) is 0 Å². The predicted octanol–water partition coefficient (Wildman–Crippen LogP) is 3.01. The Labute approximate surface area is 133 Å². The summed E-state index contributed by atoms with van der Waals surface area (Å²) in [5.41, 5.74) is 1.91. The molecule has 1 heterocycles. The number of benzene rings is 1. The molecule has 1 fully saturated rings. The van der Waals surface area contributed by atoms with E-state index in [1.165, 1.54) is 0 Å². The maximum atomic E-state index is 9.71. The molecule has 0 amide bonds. The third-order valence-electron chi connectivity index (χ3n) is 4.51. The summed E-state index contributed by atoms with van der Waals surface area (Å²) in [7, 11) is 1.12. The Hall–Kier alpha value is -1.30. The first kappa shape index (κ1) is 17.1. The van der Waals surface area contributed by atoms with Crippen LogP contribution in [0, 0.1) is 6.92 Å². The van der Waals surface area contributed by atoms with Gasteiger partial charge in [0.05, 0.1) is 24.9 Å². The number of hydrogen-bond acceptors (Lipinski definition) is 4. The van der Waals surface area contributed by atoms with Gasteiger partial charge in [-0.15, -0.1) is 0 Å². The predicted molar refractivity (Wildman–Crippen MR) is 88.9 cm³/mol. The molecule has 1 saturated heterocycles. The summed E-state index contributed by atoms with van der Waals surface area (Å²) < 4.78 is 17.2. The topological polar surface area (TPSA) is 47.9 Å². The van der Waals surface area contributed by atoms with E-state index in [1.807, 2.05) is 58.9 Å². The lowest BCUT2D eigenvalue weighted by Crippen LogP contribution is -2.41. The van der Waals surface area contributed by atoms with Gasteiger partial charge in [0.2, 0.25) is 0 Å². The second kappa shape index (κ2) is 6.07.